The van der Waals surface area contributed by atoms with Crippen molar-refractivity contribution in [3.63, 3.8) is 0 Å². The highest BCUT2D eigenvalue weighted by molar-refractivity contribution is 7.99. The van der Waals surface area contributed by atoms with E-state index in [1.54, 1.807) is 12.4 Å². The SMILES string of the molecule is O=C(CSc1nc2ccccc2c(=O)n1C1CCCCC1)NCc1cccnc1. The van der Waals surface area contributed by atoms with Crippen molar-refractivity contribution in [1.29, 1.82) is 0 Å². The zero-order valence-corrected chi connectivity index (χ0v) is 17.0. The van der Waals surface area contributed by atoms with Gasteiger partial charge in [-0.1, -0.05) is 49.2 Å². The van der Waals surface area contributed by atoms with Gasteiger partial charge in [0.15, 0.2) is 5.16 Å². The van der Waals surface area contributed by atoms with Crippen molar-refractivity contribution in [3.8, 4) is 0 Å². The lowest BCUT2D eigenvalue weighted by Crippen LogP contribution is -2.30. The van der Waals surface area contributed by atoms with Crippen LogP contribution in [0.3, 0.4) is 0 Å². The van der Waals surface area contributed by atoms with Crippen molar-refractivity contribution in [3.05, 3.63) is 64.7 Å². The van der Waals surface area contributed by atoms with Gasteiger partial charge in [-0.05, 0) is 36.6 Å². The van der Waals surface area contributed by atoms with Gasteiger partial charge in [0.2, 0.25) is 5.91 Å². The summed E-state index contributed by atoms with van der Waals surface area (Å²) in [5.41, 5.74) is 1.64. The smallest absolute Gasteiger partial charge is 0.262 e. The molecule has 0 unspecified atom stereocenters. The number of para-hydroxylation sites is 1. The van der Waals surface area contributed by atoms with E-state index >= 15 is 0 Å². The average molecular weight is 409 g/mol. The summed E-state index contributed by atoms with van der Waals surface area (Å²) in [6, 6.07) is 11.4. The molecule has 1 fully saturated rings. The number of fused-ring (bicyclic) bond motifs is 1. The quantitative estimate of drug-likeness (QED) is 0.497. The van der Waals surface area contributed by atoms with Crippen LogP contribution < -0.4 is 10.9 Å². The van der Waals surface area contributed by atoms with Gasteiger partial charge in [-0.3, -0.25) is 19.1 Å². The predicted molar refractivity (Wildman–Crippen MR) is 115 cm³/mol. The molecule has 3 aromatic rings. The Morgan fingerprint density at radius 3 is 2.76 bits per heavy atom. The molecule has 1 aliphatic carbocycles. The van der Waals surface area contributed by atoms with E-state index in [1.165, 1.54) is 18.2 Å². The largest absolute Gasteiger partial charge is 0.351 e. The van der Waals surface area contributed by atoms with Crippen molar-refractivity contribution in [2.75, 3.05) is 5.75 Å². The molecule has 150 valence electrons. The number of hydrogen-bond acceptors (Lipinski definition) is 5. The average Bonchev–Trinajstić information content (AvgIpc) is 2.77. The van der Waals surface area contributed by atoms with Gasteiger partial charge in [0.1, 0.15) is 0 Å². The van der Waals surface area contributed by atoms with Crippen molar-refractivity contribution in [2.24, 2.45) is 0 Å². The molecule has 1 aromatic carbocycles. The monoisotopic (exact) mass is 408 g/mol. The maximum atomic E-state index is 13.2. The number of thioether (sulfide) groups is 1. The first kappa shape index (κ1) is 19.6. The summed E-state index contributed by atoms with van der Waals surface area (Å²) in [7, 11) is 0. The zero-order chi connectivity index (χ0) is 20.1. The number of pyridine rings is 1. The second-order valence-electron chi connectivity index (χ2n) is 7.31. The molecule has 7 heteroatoms. The number of aromatic nitrogens is 3. The molecule has 0 atom stereocenters. The third kappa shape index (κ3) is 4.67. The maximum absolute atomic E-state index is 13.2. The minimum absolute atomic E-state index is 0.000711. The van der Waals surface area contributed by atoms with Gasteiger partial charge < -0.3 is 5.32 Å². The Labute approximate surface area is 173 Å². The summed E-state index contributed by atoms with van der Waals surface area (Å²) in [5.74, 6) is 0.133. The highest BCUT2D eigenvalue weighted by Crippen LogP contribution is 2.31. The Hall–Kier alpha value is -2.67. The van der Waals surface area contributed by atoms with Gasteiger partial charge in [-0.25, -0.2) is 4.98 Å². The fourth-order valence-electron chi connectivity index (χ4n) is 3.77. The number of hydrogen-bond donors (Lipinski definition) is 1. The Morgan fingerprint density at radius 2 is 1.97 bits per heavy atom. The van der Waals surface area contributed by atoms with Gasteiger partial charge in [-0.15, -0.1) is 0 Å². The first-order valence-corrected chi connectivity index (χ1v) is 11.0. The van der Waals surface area contributed by atoms with Crippen molar-refractivity contribution in [1.82, 2.24) is 19.9 Å². The Kier molecular flexibility index (Phi) is 6.24. The van der Waals surface area contributed by atoms with Gasteiger partial charge in [-0.2, -0.15) is 0 Å². The van der Waals surface area contributed by atoms with Crippen molar-refractivity contribution < 1.29 is 4.79 Å². The molecule has 1 amide bonds. The second kappa shape index (κ2) is 9.22. The van der Waals surface area contributed by atoms with Crippen LogP contribution in [0.5, 0.6) is 0 Å². The minimum Gasteiger partial charge on any atom is -0.351 e. The topological polar surface area (TPSA) is 76.9 Å². The summed E-state index contributed by atoms with van der Waals surface area (Å²) in [4.78, 5) is 34.4. The Morgan fingerprint density at radius 1 is 1.14 bits per heavy atom. The first-order valence-electron chi connectivity index (χ1n) is 10.0. The molecule has 29 heavy (non-hydrogen) atoms. The zero-order valence-electron chi connectivity index (χ0n) is 16.2. The molecule has 2 aromatic heterocycles. The Bertz CT molecular complexity index is 1050. The molecule has 1 N–H and O–H groups in total. The minimum atomic E-state index is -0.0866. The third-order valence-corrected chi connectivity index (χ3v) is 6.21. The van der Waals surface area contributed by atoms with Gasteiger partial charge >= 0.3 is 0 Å². The number of nitrogens with one attached hydrogen (secondary N) is 1. The van der Waals surface area contributed by atoms with Crippen LogP contribution in [0.2, 0.25) is 0 Å². The number of amides is 1. The molecule has 1 saturated carbocycles. The van der Waals surface area contributed by atoms with Crippen LogP contribution in [0.15, 0.2) is 58.7 Å². The molecule has 2 heterocycles. The fourth-order valence-corrected chi connectivity index (χ4v) is 4.67. The highest BCUT2D eigenvalue weighted by Gasteiger charge is 2.22. The lowest BCUT2D eigenvalue weighted by atomic mass is 9.95. The lowest BCUT2D eigenvalue weighted by molar-refractivity contribution is -0.118. The summed E-state index contributed by atoms with van der Waals surface area (Å²) < 4.78 is 1.83. The van der Waals surface area contributed by atoms with E-state index in [1.807, 2.05) is 41.0 Å². The van der Waals surface area contributed by atoms with E-state index in [4.69, 9.17) is 4.98 Å². The summed E-state index contributed by atoms with van der Waals surface area (Å²) in [5, 5.41) is 4.18. The van der Waals surface area contributed by atoms with Crippen LogP contribution in [0.1, 0.15) is 43.7 Å². The van der Waals surface area contributed by atoms with E-state index < -0.39 is 0 Å². The molecular formula is C22H24N4O2S. The van der Waals surface area contributed by atoms with Gasteiger partial charge in [0, 0.05) is 25.0 Å². The normalized spacial score (nSPS) is 14.8. The molecule has 0 saturated heterocycles. The van der Waals surface area contributed by atoms with E-state index in [0.29, 0.717) is 22.6 Å². The molecule has 0 bridgehead atoms. The molecule has 6 nitrogen and oxygen atoms in total. The van der Waals surface area contributed by atoms with Crippen LogP contribution in [0.4, 0.5) is 0 Å². The molecule has 0 radical (unpaired) electrons. The van der Waals surface area contributed by atoms with E-state index in [9.17, 15) is 9.59 Å². The molecule has 0 spiro atoms. The first-order chi connectivity index (χ1) is 14.2. The van der Waals surface area contributed by atoms with Crippen LogP contribution in [0, 0.1) is 0 Å². The Balaban J connectivity index is 1.53. The summed E-state index contributed by atoms with van der Waals surface area (Å²) in [6.45, 7) is 0.438. The lowest BCUT2D eigenvalue weighted by Gasteiger charge is -2.26. The third-order valence-electron chi connectivity index (χ3n) is 5.26. The maximum Gasteiger partial charge on any atom is 0.262 e. The van der Waals surface area contributed by atoms with E-state index in [0.717, 1.165) is 31.2 Å². The van der Waals surface area contributed by atoms with Crippen LogP contribution in [0.25, 0.3) is 10.9 Å². The predicted octanol–water partition coefficient (Wildman–Crippen LogP) is 3.71. The fraction of sp³-hybridized carbons (Fsp3) is 0.364. The van der Waals surface area contributed by atoms with Gasteiger partial charge in [0.25, 0.3) is 5.56 Å². The number of benzene rings is 1. The van der Waals surface area contributed by atoms with Gasteiger partial charge in [0.05, 0.1) is 16.7 Å². The molecule has 1 aliphatic rings. The number of carbonyl (C=O) groups is 1. The van der Waals surface area contributed by atoms with Crippen molar-refractivity contribution in [2.45, 2.75) is 49.8 Å². The van der Waals surface area contributed by atoms with Crippen LogP contribution in [-0.4, -0.2) is 26.2 Å². The number of nitrogens with zero attached hydrogens (tertiary/aromatic N) is 3. The standard InChI is InChI=1S/C22H24N4O2S/c27-20(24-14-16-7-6-12-23-13-16)15-29-22-25-19-11-5-4-10-18(19)21(28)26(22)17-8-2-1-3-9-17/h4-7,10-13,17H,1-3,8-9,14-15H2,(H,24,27). The van der Waals surface area contributed by atoms with Crippen molar-refractivity contribution >= 4 is 28.6 Å². The van der Waals surface area contributed by atoms with Crippen LogP contribution >= 0.6 is 11.8 Å². The summed E-state index contributed by atoms with van der Waals surface area (Å²) in [6.07, 6.45) is 8.88. The number of carbonyl (C=O) groups excluding carboxylic acids is 1. The molecule has 4 rings (SSSR count). The molecule has 0 aliphatic heterocycles. The molecular weight excluding hydrogens is 384 g/mol. The number of rotatable bonds is 6. The second-order valence-corrected chi connectivity index (χ2v) is 8.25. The highest BCUT2D eigenvalue weighted by atomic mass is 32.2. The van der Waals surface area contributed by atoms with E-state index in [-0.39, 0.29) is 23.3 Å². The van der Waals surface area contributed by atoms with Crippen LogP contribution in [-0.2, 0) is 11.3 Å². The van der Waals surface area contributed by atoms with E-state index in [2.05, 4.69) is 10.3 Å². The summed E-state index contributed by atoms with van der Waals surface area (Å²) >= 11 is 1.34.